The van der Waals surface area contributed by atoms with Crippen molar-refractivity contribution in [2.75, 3.05) is 6.54 Å². The van der Waals surface area contributed by atoms with Gasteiger partial charge in [-0.2, -0.15) is 0 Å². The number of sulfonamides is 1. The second-order valence-electron chi connectivity index (χ2n) is 14.6. The number of benzene rings is 1. The molecule has 4 aliphatic rings. The Labute approximate surface area is 290 Å². The number of aryl methyl sites for hydroxylation is 1. The Morgan fingerprint density at radius 2 is 1.90 bits per heavy atom. The Kier molecular flexibility index (Phi) is 9.70. The molecule has 1 saturated heterocycles. The highest BCUT2D eigenvalue weighted by Gasteiger charge is 2.62. The van der Waals surface area contributed by atoms with Gasteiger partial charge in [-0.3, -0.25) is 19.1 Å². The summed E-state index contributed by atoms with van der Waals surface area (Å²) in [7, 11) is -3.86. The molecule has 5 atom stereocenters. The van der Waals surface area contributed by atoms with Gasteiger partial charge in [0.1, 0.15) is 29.3 Å². The van der Waals surface area contributed by atoms with Crippen molar-refractivity contribution in [3.8, 4) is 5.19 Å². The Morgan fingerprint density at radius 3 is 2.63 bits per heavy atom. The first kappa shape index (κ1) is 35.1. The van der Waals surface area contributed by atoms with Crippen molar-refractivity contribution in [1.82, 2.24) is 25.2 Å². The summed E-state index contributed by atoms with van der Waals surface area (Å²) in [5.74, 6) is -2.24. The van der Waals surface area contributed by atoms with Gasteiger partial charge in [-0.05, 0) is 83.9 Å². The number of carbonyl (C=O) groups is 4. The number of hydrogen-bond acceptors (Lipinski definition) is 10. The van der Waals surface area contributed by atoms with Crippen LogP contribution in [0.3, 0.4) is 0 Å². The molecule has 2 saturated carbocycles. The van der Waals surface area contributed by atoms with Crippen molar-refractivity contribution < 1.29 is 37.1 Å². The molecule has 15 heteroatoms. The van der Waals surface area contributed by atoms with E-state index in [-0.39, 0.29) is 19.4 Å². The zero-order valence-electron chi connectivity index (χ0n) is 28.3. The zero-order chi connectivity index (χ0) is 35.1. The molecule has 2 aliphatic carbocycles. The Bertz CT molecular complexity index is 1760. The van der Waals surface area contributed by atoms with Crippen LogP contribution in [0, 0.1) is 12.8 Å². The Morgan fingerprint density at radius 1 is 1.12 bits per heavy atom. The number of fused-ring (bicyclic) bond motifs is 3. The number of allylic oxidation sites excluding steroid dienone is 1. The van der Waals surface area contributed by atoms with Gasteiger partial charge in [-0.1, -0.05) is 42.4 Å². The molecule has 3 heterocycles. The molecule has 13 nitrogen and oxygen atoms in total. The topological polar surface area (TPSA) is 173 Å². The average Bonchev–Trinajstić information content (AvgIpc) is 3.90. The number of alkyl carbamates (subject to hydrolysis) is 1. The molecule has 2 aromatic rings. The highest BCUT2D eigenvalue weighted by Crippen LogP contribution is 2.46. The minimum absolute atomic E-state index is 0.0386. The summed E-state index contributed by atoms with van der Waals surface area (Å²) in [6, 6.07) is 3.85. The van der Waals surface area contributed by atoms with Gasteiger partial charge >= 0.3 is 6.09 Å². The first-order valence-electron chi connectivity index (χ1n) is 17.0. The summed E-state index contributed by atoms with van der Waals surface area (Å²) in [5, 5.41) is 5.40. The summed E-state index contributed by atoms with van der Waals surface area (Å²) >= 11 is 1.37. The molecule has 1 aromatic heterocycles. The summed E-state index contributed by atoms with van der Waals surface area (Å²) in [6.07, 6.45) is 7.05. The lowest BCUT2D eigenvalue weighted by Gasteiger charge is -2.30. The molecule has 4 amide bonds. The summed E-state index contributed by atoms with van der Waals surface area (Å²) in [5.41, 5.74) is -0.401. The molecule has 0 unspecified atom stereocenters. The number of carbonyl (C=O) groups excluding carboxylic acids is 4. The molecule has 49 heavy (non-hydrogen) atoms. The molecule has 1 aromatic carbocycles. The normalized spacial score (nSPS) is 28.7. The van der Waals surface area contributed by atoms with E-state index in [9.17, 15) is 27.6 Å². The van der Waals surface area contributed by atoms with Crippen LogP contribution in [0.1, 0.15) is 84.1 Å². The SMILES string of the molecule is Cc1ccc2nc(O[C@@H]3C[C@H]4C(=O)N[C@]5(C(=O)NS(=O)(=O)C6CC6)C[C@H]5/C=C\CCCCC[C@H](NC(=O)OC(C)(C)C)C(=O)N4C3)sc2c1. The third-order valence-corrected chi connectivity index (χ3v) is 12.1. The van der Waals surface area contributed by atoms with Crippen molar-refractivity contribution >= 4 is 55.4 Å². The van der Waals surface area contributed by atoms with Crippen molar-refractivity contribution in [2.24, 2.45) is 5.92 Å². The van der Waals surface area contributed by atoms with Gasteiger partial charge in [-0.15, -0.1) is 0 Å². The zero-order valence-corrected chi connectivity index (χ0v) is 30.0. The summed E-state index contributed by atoms with van der Waals surface area (Å²) < 4.78 is 40.4. The fourth-order valence-corrected chi connectivity index (χ4v) is 8.84. The van der Waals surface area contributed by atoms with Gasteiger partial charge in [0.15, 0.2) is 0 Å². The number of rotatable bonds is 6. The molecule has 2 aliphatic heterocycles. The third kappa shape index (κ3) is 8.19. The molecule has 0 bridgehead atoms. The van der Waals surface area contributed by atoms with Crippen molar-refractivity contribution in [2.45, 2.75) is 120 Å². The second kappa shape index (κ2) is 13.5. The number of ether oxygens (including phenoxy) is 2. The fraction of sp³-hybridized carbons (Fsp3) is 0.618. The molecule has 0 spiro atoms. The molecule has 0 radical (unpaired) electrons. The number of nitrogens with zero attached hydrogens (tertiary/aromatic N) is 2. The number of thiazole rings is 1. The van der Waals surface area contributed by atoms with Gasteiger partial charge in [0, 0.05) is 12.3 Å². The first-order valence-corrected chi connectivity index (χ1v) is 19.4. The number of aromatic nitrogens is 1. The quantitative estimate of drug-likeness (QED) is 0.376. The highest BCUT2D eigenvalue weighted by atomic mass is 32.2. The number of nitrogens with one attached hydrogen (secondary N) is 3. The lowest BCUT2D eigenvalue weighted by Crippen LogP contribution is -2.58. The van der Waals surface area contributed by atoms with E-state index in [1.165, 1.54) is 16.2 Å². The Balaban J connectivity index is 1.28. The van der Waals surface area contributed by atoms with Crippen molar-refractivity contribution in [3.63, 3.8) is 0 Å². The minimum Gasteiger partial charge on any atom is -0.465 e. The van der Waals surface area contributed by atoms with Crippen LogP contribution in [-0.4, -0.2) is 83.2 Å². The van der Waals surface area contributed by atoms with Gasteiger partial charge in [0.25, 0.3) is 11.1 Å². The van der Waals surface area contributed by atoms with E-state index in [0.717, 1.165) is 28.6 Å². The van der Waals surface area contributed by atoms with E-state index >= 15 is 0 Å². The minimum atomic E-state index is -3.86. The largest absolute Gasteiger partial charge is 0.465 e. The van der Waals surface area contributed by atoms with E-state index in [4.69, 9.17) is 9.47 Å². The van der Waals surface area contributed by atoms with E-state index in [0.29, 0.717) is 37.3 Å². The molecular weight excluding hydrogens is 671 g/mol. The summed E-state index contributed by atoms with van der Waals surface area (Å²) in [6.45, 7) is 7.23. The number of amides is 4. The van der Waals surface area contributed by atoms with Crippen LogP contribution in [0.2, 0.25) is 0 Å². The second-order valence-corrected chi connectivity index (χ2v) is 17.6. The first-order chi connectivity index (χ1) is 23.1. The van der Waals surface area contributed by atoms with E-state index in [2.05, 4.69) is 20.3 Å². The van der Waals surface area contributed by atoms with E-state index in [1.807, 2.05) is 37.3 Å². The summed E-state index contributed by atoms with van der Waals surface area (Å²) in [4.78, 5) is 61.0. The third-order valence-electron chi connectivity index (χ3n) is 9.33. The van der Waals surface area contributed by atoms with Crippen LogP contribution in [0.4, 0.5) is 4.79 Å². The lowest BCUT2D eigenvalue weighted by atomic mass is 10.0. The lowest BCUT2D eigenvalue weighted by molar-refractivity contribution is -0.141. The van der Waals surface area contributed by atoms with Crippen molar-refractivity contribution in [3.05, 3.63) is 35.9 Å². The van der Waals surface area contributed by atoms with Gasteiger partial charge in [0.05, 0.1) is 22.0 Å². The maximum Gasteiger partial charge on any atom is 0.408 e. The molecule has 3 fully saturated rings. The molecule has 6 rings (SSSR count). The Hall–Kier alpha value is -3.72. The van der Waals surface area contributed by atoms with Crippen LogP contribution >= 0.6 is 11.3 Å². The average molecular weight is 716 g/mol. The van der Waals surface area contributed by atoms with E-state index in [1.54, 1.807) is 20.8 Å². The van der Waals surface area contributed by atoms with Crippen LogP contribution in [-0.2, 0) is 29.1 Å². The van der Waals surface area contributed by atoms with Crippen LogP contribution in [0.25, 0.3) is 10.2 Å². The fourth-order valence-electron chi connectivity index (χ4n) is 6.50. The van der Waals surface area contributed by atoms with Gasteiger partial charge in [-0.25, -0.2) is 18.2 Å². The van der Waals surface area contributed by atoms with Gasteiger partial charge < -0.3 is 25.0 Å². The smallest absolute Gasteiger partial charge is 0.408 e. The molecular formula is C34H45N5O8S2. The highest BCUT2D eigenvalue weighted by molar-refractivity contribution is 7.91. The van der Waals surface area contributed by atoms with Crippen LogP contribution in [0.15, 0.2) is 30.4 Å². The standard InChI is InChI=1S/C34H45N5O8S2/c1-20-12-15-24-27(16-20)48-32(36-24)46-22-17-26-28(40)37-34(30(42)38-49(44,45)23-13-14-23)18-21(34)10-8-6-5-7-9-11-25(29(41)39(26)19-22)35-31(43)47-33(2,3)4/h8,10,12,15-16,21-23,25-26H,5-7,9,11,13-14,17-19H2,1-4H3,(H,35,43)(H,37,40)(H,38,42)/b10-8-/t21-,22-,25+,26+,34-/m1/s1. The maximum absolute atomic E-state index is 14.3. The monoisotopic (exact) mass is 715 g/mol. The van der Waals surface area contributed by atoms with Crippen LogP contribution < -0.4 is 20.1 Å². The van der Waals surface area contributed by atoms with Crippen molar-refractivity contribution in [1.29, 1.82) is 0 Å². The predicted octanol–water partition coefficient (Wildman–Crippen LogP) is 3.85. The molecule has 3 N–H and O–H groups in total. The predicted molar refractivity (Wildman–Crippen MR) is 183 cm³/mol. The van der Waals surface area contributed by atoms with Crippen LogP contribution in [0.5, 0.6) is 5.19 Å². The van der Waals surface area contributed by atoms with E-state index < -0.39 is 74.3 Å². The molecule has 266 valence electrons. The van der Waals surface area contributed by atoms with Gasteiger partial charge in [0.2, 0.25) is 21.8 Å². The maximum atomic E-state index is 14.3. The number of hydrogen-bond donors (Lipinski definition) is 3.